The molecule has 3 heterocycles. The molecule has 0 spiro atoms. The highest BCUT2D eigenvalue weighted by molar-refractivity contribution is 7.09. The lowest BCUT2D eigenvalue weighted by Crippen LogP contribution is -2.49. The van der Waals surface area contributed by atoms with Gasteiger partial charge in [0.05, 0.1) is 5.01 Å². The lowest BCUT2D eigenvalue weighted by Gasteiger charge is -2.39. The predicted molar refractivity (Wildman–Crippen MR) is 100 cm³/mol. The predicted octanol–water partition coefficient (Wildman–Crippen LogP) is 4.03. The fourth-order valence-electron chi connectivity index (χ4n) is 4.40. The maximum atomic E-state index is 4.45. The molecule has 4 heteroatoms. The Morgan fingerprint density at radius 1 is 1.21 bits per heavy atom. The molecule has 2 fully saturated rings. The van der Waals surface area contributed by atoms with E-state index in [2.05, 4.69) is 57.8 Å². The molecule has 2 aliphatic heterocycles. The van der Waals surface area contributed by atoms with Crippen LogP contribution in [0.5, 0.6) is 0 Å². The molecule has 24 heavy (non-hydrogen) atoms. The van der Waals surface area contributed by atoms with Gasteiger partial charge in [-0.1, -0.05) is 37.3 Å². The van der Waals surface area contributed by atoms with E-state index in [1.54, 1.807) is 11.3 Å². The van der Waals surface area contributed by atoms with Crippen molar-refractivity contribution in [1.82, 2.24) is 15.2 Å². The number of rotatable bonds is 6. The first-order valence-electron chi connectivity index (χ1n) is 9.22. The summed E-state index contributed by atoms with van der Waals surface area (Å²) in [4.78, 5) is 7.21. The Morgan fingerprint density at radius 2 is 1.96 bits per heavy atom. The highest BCUT2D eigenvalue weighted by Gasteiger charge is 2.40. The number of benzene rings is 1. The van der Waals surface area contributed by atoms with E-state index < -0.39 is 0 Å². The number of piperidine rings is 1. The first kappa shape index (κ1) is 16.2. The molecule has 0 saturated carbocycles. The topological polar surface area (TPSA) is 28.2 Å². The molecule has 1 aromatic carbocycles. The van der Waals surface area contributed by atoms with E-state index in [4.69, 9.17) is 0 Å². The summed E-state index contributed by atoms with van der Waals surface area (Å²) in [6, 6.07) is 13.2. The number of fused-ring (bicyclic) bond motifs is 2. The smallest absolute Gasteiger partial charge is 0.0965 e. The van der Waals surface area contributed by atoms with Gasteiger partial charge in [0, 0.05) is 48.7 Å². The van der Waals surface area contributed by atoms with Crippen molar-refractivity contribution >= 4 is 11.3 Å². The largest absolute Gasteiger partial charge is 0.313 e. The Hall–Kier alpha value is -1.23. The zero-order valence-corrected chi connectivity index (χ0v) is 15.2. The Kier molecular flexibility index (Phi) is 4.97. The summed E-state index contributed by atoms with van der Waals surface area (Å²) in [7, 11) is 0. The van der Waals surface area contributed by atoms with Crippen molar-refractivity contribution < 1.29 is 0 Å². The number of thiazole rings is 1. The van der Waals surface area contributed by atoms with Crippen molar-refractivity contribution in [2.75, 3.05) is 6.54 Å². The first-order valence-corrected chi connectivity index (χ1v) is 10.1. The molecule has 1 unspecified atom stereocenters. The molecule has 0 amide bonds. The Labute approximate surface area is 149 Å². The number of hydrogen-bond acceptors (Lipinski definition) is 4. The minimum absolute atomic E-state index is 0.519. The molecule has 2 aliphatic rings. The van der Waals surface area contributed by atoms with Crippen LogP contribution in [0.1, 0.15) is 49.1 Å². The van der Waals surface area contributed by atoms with Gasteiger partial charge in [0.2, 0.25) is 0 Å². The van der Waals surface area contributed by atoms with Crippen LogP contribution < -0.4 is 5.32 Å². The normalized spacial score (nSPS) is 28.1. The second-order valence-corrected chi connectivity index (χ2v) is 8.32. The summed E-state index contributed by atoms with van der Waals surface area (Å²) in [6.45, 7) is 4.46. The monoisotopic (exact) mass is 341 g/mol. The molecule has 3 nitrogen and oxygen atoms in total. The van der Waals surface area contributed by atoms with Gasteiger partial charge in [0.15, 0.2) is 0 Å². The van der Waals surface area contributed by atoms with Crippen LogP contribution in [0.4, 0.5) is 0 Å². The fourth-order valence-corrected chi connectivity index (χ4v) is 5.10. The summed E-state index contributed by atoms with van der Waals surface area (Å²) in [6.07, 6.45) is 7.26. The fraction of sp³-hybridized carbons (Fsp3) is 0.550. The average Bonchev–Trinajstić information content (AvgIpc) is 3.21. The zero-order valence-electron chi connectivity index (χ0n) is 14.4. The Bertz CT molecular complexity index is 614. The quantitative estimate of drug-likeness (QED) is 0.860. The lowest BCUT2D eigenvalue weighted by atomic mass is 9.96. The SMILES string of the molecule is C[C@@H](CNC1C[C@H]2CC[C@@H](C1)N2Cc1ccccc1)c1nccs1. The zero-order chi connectivity index (χ0) is 16.4. The second kappa shape index (κ2) is 7.34. The van der Waals surface area contributed by atoms with Crippen LogP contribution >= 0.6 is 11.3 Å². The van der Waals surface area contributed by atoms with Gasteiger partial charge >= 0.3 is 0 Å². The third-order valence-corrected chi connectivity index (χ3v) is 6.69. The minimum Gasteiger partial charge on any atom is -0.313 e. The molecule has 1 aromatic heterocycles. The lowest BCUT2D eigenvalue weighted by molar-refractivity contribution is 0.109. The molecular formula is C20H27N3S. The van der Waals surface area contributed by atoms with E-state index in [1.807, 2.05) is 6.20 Å². The highest BCUT2D eigenvalue weighted by Crippen LogP contribution is 2.37. The Morgan fingerprint density at radius 3 is 2.62 bits per heavy atom. The van der Waals surface area contributed by atoms with Crippen LogP contribution in [0.3, 0.4) is 0 Å². The van der Waals surface area contributed by atoms with E-state index in [0.717, 1.165) is 25.2 Å². The summed E-state index contributed by atoms with van der Waals surface area (Å²) in [5.74, 6) is 0.519. The number of hydrogen-bond donors (Lipinski definition) is 1. The van der Waals surface area contributed by atoms with Crippen molar-refractivity contribution in [3.05, 3.63) is 52.5 Å². The van der Waals surface area contributed by atoms with Gasteiger partial charge in [-0.25, -0.2) is 4.98 Å². The molecule has 1 N–H and O–H groups in total. The summed E-state index contributed by atoms with van der Waals surface area (Å²) in [5.41, 5.74) is 1.46. The van der Waals surface area contributed by atoms with Crippen LogP contribution in [0.2, 0.25) is 0 Å². The average molecular weight is 342 g/mol. The van der Waals surface area contributed by atoms with E-state index in [9.17, 15) is 0 Å². The standard InChI is InChI=1S/C20H27N3S/c1-15(20-21-9-10-24-20)13-22-17-11-18-7-8-19(12-17)23(18)14-16-5-3-2-4-6-16/h2-6,9-10,15,17-19,22H,7-8,11-14H2,1H3/t15-,17?,18-,19+/m0/s1. The first-order chi connectivity index (χ1) is 11.8. The van der Waals surface area contributed by atoms with Gasteiger partial charge in [-0.2, -0.15) is 0 Å². The van der Waals surface area contributed by atoms with E-state index in [0.29, 0.717) is 12.0 Å². The van der Waals surface area contributed by atoms with Crippen molar-refractivity contribution in [2.24, 2.45) is 0 Å². The van der Waals surface area contributed by atoms with E-state index in [-0.39, 0.29) is 0 Å². The third kappa shape index (κ3) is 3.56. The van der Waals surface area contributed by atoms with Crippen molar-refractivity contribution in [3.63, 3.8) is 0 Å². The molecule has 0 aliphatic carbocycles. The van der Waals surface area contributed by atoms with E-state index in [1.165, 1.54) is 36.3 Å². The van der Waals surface area contributed by atoms with Crippen LogP contribution in [-0.2, 0) is 6.54 Å². The maximum Gasteiger partial charge on any atom is 0.0965 e. The van der Waals surface area contributed by atoms with Crippen LogP contribution in [-0.4, -0.2) is 34.6 Å². The second-order valence-electron chi connectivity index (χ2n) is 7.39. The molecule has 2 aromatic rings. The molecule has 128 valence electrons. The molecule has 2 bridgehead atoms. The summed E-state index contributed by atoms with van der Waals surface area (Å²) < 4.78 is 0. The molecular weight excluding hydrogens is 314 g/mol. The van der Waals surface area contributed by atoms with E-state index >= 15 is 0 Å². The summed E-state index contributed by atoms with van der Waals surface area (Å²) in [5, 5.41) is 7.17. The number of nitrogens with zero attached hydrogens (tertiary/aromatic N) is 2. The van der Waals surface area contributed by atoms with Gasteiger partial charge in [-0.3, -0.25) is 4.90 Å². The number of nitrogens with one attached hydrogen (secondary N) is 1. The van der Waals surface area contributed by atoms with Crippen LogP contribution in [0, 0.1) is 0 Å². The summed E-state index contributed by atoms with van der Waals surface area (Å²) >= 11 is 1.77. The molecule has 4 rings (SSSR count). The van der Waals surface area contributed by atoms with Crippen molar-refractivity contribution in [1.29, 1.82) is 0 Å². The maximum absolute atomic E-state index is 4.45. The van der Waals surface area contributed by atoms with Crippen molar-refractivity contribution in [2.45, 2.75) is 63.2 Å². The van der Waals surface area contributed by atoms with Gasteiger partial charge in [-0.05, 0) is 31.2 Å². The Balaban J connectivity index is 1.31. The third-order valence-electron chi connectivity index (χ3n) is 5.68. The number of aromatic nitrogens is 1. The van der Waals surface area contributed by atoms with Crippen LogP contribution in [0.15, 0.2) is 41.9 Å². The van der Waals surface area contributed by atoms with Crippen molar-refractivity contribution in [3.8, 4) is 0 Å². The van der Waals surface area contributed by atoms with Gasteiger partial charge in [0.1, 0.15) is 0 Å². The molecule has 0 radical (unpaired) electrons. The van der Waals surface area contributed by atoms with Gasteiger partial charge in [0.25, 0.3) is 0 Å². The van der Waals surface area contributed by atoms with Crippen LogP contribution in [0.25, 0.3) is 0 Å². The minimum atomic E-state index is 0.519. The molecule has 2 saturated heterocycles. The highest BCUT2D eigenvalue weighted by atomic mass is 32.1. The van der Waals surface area contributed by atoms with Gasteiger partial charge in [-0.15, -0.1) is 11.3 Å². The molecule has 4 atom stereocenters. The van der Waals surface area contributed by atoms with Gasteiger partial charge < -0.3 is 5.32 Å².